The van der Waals surface area contributed by atoms with Gasteiger partial charge in [0, 0.05) is 23.4 Å². The predicted molar refractivity (Wildman–Crippen MR) is 88.8 cm³/mol. The molecule has 6 heteroatoms. The Morgan fingerprint density at radius 1 is 1.19 bits per heavy atom. The van der Waals surface area contributed by atoms with Gasteiger partial charge in [-0.25, -0.2) is 15.0 Å². The smallest absolute Gasteiger partial charge is 0.138 e. The molecular formula is C15H23N5S. The van der Waals surface area contributed by atoms with Gasteiger partial charge in [0.2, 0.25) is 0 Å². The molecule has 0 aromatic carbocycles. The SMILES string of the molecule is Cc1nc(CN(C)c2nc(C(C)(C)C)nc(N)c2C)cs1. The third-order valence-corrected chi connectivity index (χ3v) is 4.08. The minimum Gasteiger partial charge on any atom is -0.383 e. The molecule has 0 fully saturated rings. The van der Waals surface area contributed by atoms with Crippen molar-refractivity contribution in [3.8, 4) is 0 Å². The van der Waals surface area contributed by atoms with Crippen LogP contribution in [0.25, 0.3) is 0 Å². The maximum atomic E-state index is 6.06. The summed E-state index contributed by atoms with van der Waals surface area (Å²) in [6.45, 7) is 10.9. The van der Waals surface area contributed by atoms with Crippen molar-refractivity contribution >= 4 is 23.0 Å². The lowest BCUT2D eigenvalue weighted by Gasteiger charge is -2.24. The van der Waals surface area contributed by atoms with E-state index >= 15 is 0 Å². The standard InChI is InChI=1S/C15H23N5S/c1-9-12(16)18-14(15(3,4)5)19-13(9)20(6)7-11-8-21-10(2)17-11/h8H,7H2,1-6H3,(H2,16,18,19). The maximum absolute atomic E-state index is 6.06. The number of thiazole rings is 1. The molecule has 0 spiro atoms. The van der Waals surface area contributed by atoms with Crippen LogP contribution in [0.2, 0.25) is 0 Å². The molecule has 2 aromatic heterocycles. The summed E-state index contributed by atoms with van der Waals surface area (Å²) >= 11 is 1.66. The van der Waals surface area contributed by atoms with Gasteiger partial charge in [0.05, 0.1) is 17.2 Å². The summed E-state index contributed by atoms with van der Waals surface area (Å²) in [5, 5.41) is 3.16. The highest BCUT2D eigenvalue weighted by Crippen LogP contribution is 2.27. The number of aromatic nitrogens is 3. The number of hydrogen-bond acceptors (Lipinski definition) is 6. The molecule has 0 atom stereocenters. The van der Waals surface area contributed by atoms with Crippen LogP contribution in [-0.2, 0) is 12.0 Å². The quantitative estimate of drug-likeness (QED) is 0.944. The van der Waals surface area contributed by atoms with E-state index in [0.29, 0.717) is 12.4 Å². The zero-order chi connectivity index (χ0) is 15.8. The molecule has 21 heavy (non-hydrogen) atoms. The van der Waals surface area contributed by atoms with Crippen molar-refractivity contribution in [3.63, 3.8) is 0 Å². The van der Waals surface area contributed by atoms with Gasteiger partial charge in [0.15, 0.2) is 0 Å². The van der Waals surface area contributed by atoms with Gasteiger partial charge in [-0.3, -0.25) is 0 Å². The average Bonchev–Trinajstić information content (AvgIpc) is 2.76. The third kappa shape index (κ3) is 3.50. The van der Waals surface area contributed by atoms with E-state index in [2.05, 4.69) is 41.0 Å². The van der Waals surface area contributed by atoms with E-state index in [1.165, 1.54) is 0 Å². The zero-order valence-electron chi connectivity index (χ0n) is 13.6. The summed E-state index contributed by atoms with van der Waals surface area (Å²) in [5.74, 6) is 2.19. The van der Waals surface area contributed by atoms with Crippen LogP contribution in [-0.4, -0.2) is 22.0 Å². The summed E-state index contributed by atoms with van der Waals surface area (Å²) in [4.78, 5) is 15.7. The molecule has 0 radical (unpaired) electrons. The largest absolute Gasteiger partial charge is 0.383 e. The molecule has 0 aliphatic carbocycles. The van der Waals surface area contributed by atoms with Gasteiger partial charge in [-0.15, -0.1) is 11.3 Å². The van der Waals surface area contributed by atoms with Crippen LogP contribution < -0.4 is 10.6 Å². The number of nitrogens with zero attached hydrogens (tertiary/aromatic N) is 4. The molecule has 0 aliphatic rings. The lowest BCUT2D eigenvalue weighted by molar-refractivity contribution is 0.545. The second-order valence-electron chi connectivity index (χ2n) is 6.34. The maximum Gasteiger partial charge on any atom is 0.138 e. The van der Waals surface area contributed by atoms with Crippen molar-refractivity contribution in [1.29, 1.82) is 0 Å². The molecule has 0 amide bonds. The van der Waals surface area contributed by atoms with Crippen molar-refractivity contribution in [2.75, 3.05) is 17.7 Å². The second kappa shape index (κ2) is 5.60. The first-order valence-corrected chi connectivity index (χ1v) is 7.83. The van der Waals surface area contributed by atoms with E-state index in [1.807, 2.05) is 20.9 Å². The molecule has 0 bridgehead atoms. The summed E-state index contributed by atoms with van der Waals surface area (Å²) in [6, 6.07) is 0. The van der Waals surface area contributed by atoms with Crippen LogP contribution in [0.4, 0.5) is 11.6 Å². The number of rotatable bonds is 3. The molecule has 2 rings (SSSR count). The van der Waals surface area contributed by atoms with E-state index in [-0.39, 0.29) is 5.41 Å². The molecule has 0 unspecified atom stereocenters. The van der Waals surface area contributed by atoms with E-state index < -0.39 is 0 Å². The Morgan fingerprint density at radius 2 is 1.86 bits per heavy atom. The molecule has 5 nitrogen and oxygen atoms in total. The fraction of sp³-hybridized carbons (Fsp3) is 0.533. The van der Waals surface area contributed by atoms with Crippen LogP contribution in [0.15, 0.2) is 5.38 Å². The Kier molecular flexibility index (Phi) is 4.18. The van der Waals surface area contributed by atoms with Crippen molar-refractivity contribution in [2.24, 2.45) is 0 Å². The van der Waals surface area contributed by atoms with Crippen LogP contribution in [0, 0.1) is 13.8 Å². The molecule has 0 saturated carbocycles. The predicted octanol–water partition coefficient (Wildman–Crippen LogP) is 3.07. The monoisotopic (exact) mass is 305 g/mol. The molecule has 2 heterocycles. The summed E-state index contributed by atoms with van der Waals surface area (Å²) < 4.78 is 0. The molecular weight excluding hydrogens is 282 g/mol. The van der Waals surface area contributed by atoms with Gasteiger partial charge in [-0.05, 0) is 13.8 Å². The van der Waals surface area contributed by atoms with Crippen molar-refractivity contribution < 1.29 is 0 Å². The van der Waals surface area contributed by atoms with Crippen molar-refractivity contribution in [1.82, 2.24) is 15.0 Å². The van der Waals surface area contributed by atoms with Gasteiger partial charge >= 0.3 is 0 Å². The minimum atomic E-state index is -0.130. The summed E-state index contributed by atoms with van der Waals surface area (Å²) in [7, 11) is 2.01. The first-order chi connectivity index (χ1) is 9.68. The molecule has 2 N–H and O–H groups in total. The van der Waals surface area contributed by atoms with Crippen LogP contribution in [0.5, 0.6) is 0 Å². The van der Waals surface area contributed by atoms with Crippen LogP contribution in [0.3, 0.4) is 0 Å². The topological polar surface area (TPSA) is 67.9 Å². The fourth-order valence-electron chi connectivity index (χ4n) is 2.03. The number of anilines is 2. The van der Waals surface area contributed by atoms with Crippen LogP contribution in [0.1, 0.15) is 42.9 Å². The highest BCUT2D eigenvalue weighted by molar-refractivity contribution is 7.09. The Bertz CT molecular complexity index is 642. The highest BCUT2D eigenvalue weighted by atomic mass is 32.1. The van der Waals surface area contributed by atoms with Gasteiger partial charge in [0.1, 0.15) is 17.5 Å². The molecule has 114 valence electrons. The van der Waals surface area contributed by atoms with Gasteiger partial charge in [0.25, 0.3) is 0 Å². The van der Waals surface area contributed by atoms with E-state index in [9.17, 15) is 0 Å². The number of nitrogens with two attached hydrogens (primary N) is 1. The Hall–Kier alpha value is -1.69. The Labute approximate surface area is 130 Å². The fourth-order valence-corrected chi connectivity index (χ4v) is 2.63. The summed E-state index contributed by atoms with van der Waals surface area (Å²) in [5.41, 5.74) is 7.90. The average molecular weight is 305 g/mol. The Morgan fingerprint density at radius 3 is 2.38 bits per heavy atom. The van der Waals surface area contributed by atoms with Crippen LogP contribution >= 0.6 is 11.3 Å². The number of aryl methyl sites for hydroxylation is 1. The molecule has 0 aliphatic heterocycles. The van der Waals surface area contributed by atoms with Crippen molar-refractivity contribution in [3.05, 3.63) is 27.5 Å². The lowest BCUT2D eigenvalue weighted by Crippen LogP contribution is -2.24. The van der Waals surface area contributed by atoms with Gasteiger partial charge in [-0.2, -0.15) is 0 Å². The van der Waals surface area contributed by atoms with E-state index in [4.69, 9.17) is 10.7 Å². The van der Waals surface area contributed by atoms with E-state index in [1.54, 1.807) is 11.3 Å². The summed E-state index contributed by atoms with van der Waals surface area (Å²) in [6.07, 6.45) is 0. The first-order valence-electron chi connectivity index (χ1n) is 6.95. The third-order valence-electron chi connectivity index (χ3n) is 3.26. The number of nitrogen functional groups attached to an aromatic ring is 1. The number of hydrogen-bond donors (Lipinski definition) is 1. The molecule has 0 saturated heterocycles. The zero-order valence-corrected chi connectivity index (χ0v) is 14.4. The van der Waals surface area contributed by atoms with Gasteiger partial charge in [-0.1, -0.05) is 20.8 Å². The normalized spacial score (nSPS) is 11.7. The van der Waals surface area contributed by atoms with Crippen molar-refractivity contribution in [2.45, 2.75) is 46.6 Å². The van der Waals surface area contributed by atoms with Gasteiger partial charge < -0.3 is 10.6 Å². The molecule has 2 aromatic rings. The lowest BCUT2D eigenvalue weighted by atomic mass is 9.95. The van der Waals surface area contributed by atoms with E-state index in [0.717, 1.165) is 27.9 Å². The Balaban J connectivity index is 2.35. The minimum absolute atomic E-state index is 0.130. The second-order valence-corrected chi connectivity index (χ2v) is 7.41. The highest BCUT2D eigenvalue weighted by Gasteiger charge is 2.22. The first kappa shape index (κ1) is 15.7.